The lowest BCUT2D eigenvalue weighted by Gasteiger charge is -2.21. The van der Waals surface area contributed by atoms with E-state index in [1.54, 1.807) is 18.2 Å². The Balaban J connectivity index is 1.84. The summed E-state index contributed by atoms with van der Waals surface area (Å²) in [6, 6.07) is 6.96. The number of hydrogen-bond acceptors (Lipinski definition) is 3. The summed E-state index contributed by atoms with van der Waals surface area (Å²) in [5.74, 6) is 1.06. The molecule has 3 nitrogen and oxygen atoms in total. The van der Waals surface area contributed by atoms with Crippen LogP contribution in [0.25, 0.3) is 0 Å². The third kappa shape index (κ3) is 3.86. The topological polar surface area (TPSA) is 49.3 Å². The SMILES string of the molecule is O=C(Cc1cccc(O)c1)CC1CCNCC1. The first kappa shape index (κ1) is 12.1. The summed E-state index contributed by atoms with van der Waals surface area (Å²) >= 11 is 0. The van der Waals surface area contributed by atoms with Crippen molar-refractivity contribution in [2.24, 2.45) is 5.92 Å². The van der Waals surface area contributed by atoms with E-state index in [1.165, 1.54) is 0 Å². The number of benzene rings is 1. The molecular weight excluding hydrogens is 214 g/mol. The Labute approximate surface area is 102 Å². The van der Waals surface area contributed by atoms with Crippen LogP contribution in [0.5, 0.6) is 5.75 Å². The van der Waals surface area contributed by atoms with Gasteiger partial charge >= 0.3 is 0 Å². The van der Waals surface area contributed by atoms with Gasteiger partial charge in [0.1, 0.15) is 11.5 Å². The Morgan fingerprint density at radius 2 is 2.12 bits per heavy atom. The van der Waals surface area contributed by atoms with Crippen LogP contribution in [-0.2, 0) is 11.2 Å². The van der Waals surface area contributed by atoms with Crippen molar-refractivity contribution >= 4 is 5.78 Å². The van der Waals surface area contributed by atoms with Crippen molar-refractivity contribution in [1.82, 2.24) is 5.32 Å². The van der Waals surface area contributed by atoms with Gasteiger partial charge in [-0.2, -0.15) is 0 Å². The molecule has 0 atom stereocenters. The van der Waals surface area contributed by atoms with Gasteiger partial charge in [-0.25, -0.2) is 0 Å². The highest BCUT2D eigenvalue weighted by Crippen LogP contribution is 2.18. The van der Waals surface area contributed by atoms with E-state index in [2.05, 4.69) is 5.32 Å². The predicted molar refractivity (Wildman–Crippen MR) is 67.0 cm³/mol. The number of ketones is 1. The van der Waals surface area contributed by atoms with Crippen LogP contribution in [0.3, 0.4) is 0 Å². The van der Waals surface area contributed by atoms with E-state index in [1.807, 2.05) is 6.07 Å². The summed E-state index contributed by atoms with van der Waals surface area (Å²) in [4.78, 5) is 11.9. The normalized spacial score (nSPS) is 16.9. The molecule has 3 heteroatoms. The van der Waals surface area contributed by atoms with Gasteiger partial charge in [0.25, 0.3) is 0 Å². The number of nitrogens with one attached hydrogen (secondary N) is 1. The van der Waals surface area contributed by atoms with Gasteiger partial charge in [0.05, 0.1) is 0 Å². The van der Waals surface area contributed by atoms with Crippen LogP contribution >= 0.6 is 0 Å². The van der Waals surface area contributed by atoms with Gasteiger partial charge in [0, 0.05) is 12.8 Å². The van der Waals surface area contributed by atoms with Crippen LogP contribution in [0.2, 0.25) is 0 Å². The number of carbonyl (C=O) groups excluding carboxylic acids is 1. The minimum atomic E-state index is 0.233. The Morgan fingerprint density at radius 1 is 1.35 bits per heavy atom. The maximum atomic E-state index is 11.9. The van der Waals surface area contributed by atoms with Crippen LogP contribution in [0.1, 0.15) is 24.8 Å². The van der Waals surface area contributed by atoms with Crippen LogP contribution in [0, 0.1) is 5.92 Å². The molecule has 1 saturated heterocycles. The molecule has 0 saturated carbocycles. The van der Waals surface area contributed by atoms with Gasteiger partial charge < -0.3 is 10.4 Å². The molecule has 92 valence electrons. The molecule has 1 aliphatic rings. The van der Waals surface area contributed by atoms with Crippen molar-refractivity contribution < 1.29 is 9.90 Å². The Hall–Kier alpha value is -1.35. The zero-order valence-electron chi connectivity index (χ0n) is 9.98. The zero-order chi connectivity index (χ0) is 12.1. The molecular formula is C14H19NO2. The fourth-order valence-electron chi connectivity index (χ4n) is 2.37. The third-order valence-electron chi connectivity index (χ3n) is 3.29. The Bertz CT molecular complexity index is 384. The molecule has 2 rings (SSSR count). The van der Waals surface area contributed by atoms with E-state index in [0.29, 0.717) is 18.8 Å². The number of phenolic OH excluding ortho intramolecular Hbond substituents is 1. The van der Waals surface area contributed by atoms with Crippen molar-refractivity contribution in [3.8, 4) is 5.75 Å². The van der Waals surface area contributed by atoms with E-state index in [-0.39, 0.29) is 11.5 Å². The summed E-state index contributed by atoms with van der Waals surface area (Å²) in [5, 5.41) is 12.6. The molecule has 0 radical (unpaired) electrons. The van der Waals surface area contributed by atoms with Crippen LogP contribution in [0.15, 0.2) is 24.3 Å². The van der Waals surface area contributed by atoms with Gasteiger partial charge in [0.15, 0.2) is 0 Å². The van der Waals surface area contributed by atoms with E-state index < -0.39 is 0 Å². The average Bonchev–Trinajstić information content (AvgIpc) is 2.30. The predicted octanol–water partition coefficient (Wildman–Crippen LogP) is 1.89. The smallest absolute Gasteiger partial charge is 0.137 e. The van der Waals surface area contributed by atoms with Gasteiger partial charge in [0.2, 0.25) is 0 Å². The molecule has 1 aromatic rings. The molecule has 0 aromatic heterocycles. The number of rotatable bonds is 4. The van der Waals surface area contributed by atoms with E-state index in [0.717, 1.165) is 31.5 Å². The minimum absolute atomic E-state index is 0.233. The fourth-order valence-corrected chi connectivity index (χ4v) is 2.37. The molecule has 0 amide bonds. The highest BCUT2D eigenvalue weighted by atomic mass is 16.3. The third-order valence-corrected chi connectivity index (χ3v) is 3.29. The quantitative estimate of drug-likeness (QED) is 0.835. The monoisotopic (exact) mass is 233 g/mol. The fraction of sp³-hybridized carbons (Fsp3) is 0.500. The second kappa shape index (κ2) is 5.82. The van der Waals surface area contributed by atoms with Crippen LogP contribution in [0.4, 0.5) is 0 Å². The molecule has 1 fully saturated rings. The first-order chi connectivity index (χ1) is 8.24. The van der Waals surface area contributed by atoms with Crippen molar-refractivity contribution in [2.45, 2.75) is 25.7 Å². The van der Waals surface area contributed by atoms with E-state index in [9.17, 15) is 9.90 Å². The molecule has 0 unspecified atom stereocenters. The molecule has 1 heterocycles. The molecule has 1 aromatic carbocycles. The second-order valence-electron chi connectivity index (χ2n) is 4.78. The van der Waals surface area contributed by atoms with E-state index in [4.69, 9.17) is 0 Å². The van der Waals surface area contributed by atoms with Crippen LogP contribution < -0.4 is 5.32 Å². The molecule has 1 aliphatic heterocycles. The van der Waals surface area contributed by atoms with Crippen molar-refractivity contribution in [1.29, 1.82) is 0 Å². The number of piperidine rings is 1. The molecule has 17 heavy (non-hydrogen) atoms. The van der Waals surface area contributed by atoms with Crippen LogP contribution in [-0.4, -0.2) is 24.0 Å². The van der Waals surface area contributed by atoms with E-state index >= 15 is 0 Å². The van der Waals surface area contributed by atoms with Crippen molar-refractivity contribution in [3.63, 3.8) is 0 Å². The summed E-state index contributed by atoms with van der Waals surface area (Å²) < 4.78 is 0. The van der Waals surface area contributed by atoms with Gasteiger partial charge in [-0.15, -0.1) is 0 Å². The highest BCUT2D eigenvalue weighted by Gasteiger charge is 2.16. The number of carbonyl (C=O) groups is 1. The standard InChI is InChI=1S/C14H19NO2/c16-13-3-1-2-12(9-13)10-14(17)8-11-4-6-15-7-5-11/h1-3,9,11,15-16H,4-8,10H2. The summed E-state index contributed by atoms with van der Waals surface area (Å²) in [5.41, 5.74) is 0.906. The Kier molecular flexibility index (Phi) is 4.15. The van der Waals surface area contributed by atoms with Crippen molar-refractivity contribution in [3.05, 3.63) is 29.8 Å². The number of phenols is 1. The first-order valence-corrected chi connectivity index (χ1v) is 6.24. The average molecular weight is 233 g/mol. The summed E-state index contributed by atoms with van der Waals surface area (Å²) in [7, 11) is 0. The highest BCUT2D eigenvalue weighted by molar-refractivity contribution is 5.81. The number of aromatic hydroxyl groups is 1. The maximum Gasteiger partial charge on any atom is 0.137 e. The van der Waals surface area contributed by atoms with Gasteiger partial charge in [-0.3, -0.25) is 4.79 Å². The maximum absolute atomic E-state index is 11.9. The van der Waals surface area contributed by atoms with Crippen molar-refractivity contribution in [2.75, 3.05) is 13.1 Å². The lowest BCUT2D eigenvalue weighted by molar-refractivity contribution is -0.119. The molecule has 0 aliphatic carbocycles. The second-order valence-corrected chi connectivity index (χ2v) is 4.78. The first-order valence-electron chi connectivity index (χ1n) is 6.24. The zero-order valence-corrected chi connectivity index (χ0v) is 9.98. The van der Waals surface area contributed by atoms with Gasteiger partial charge in [-0.05, 0) is 49.5 Å². The largest absolute Gasteiger partial charge is 0.508 e. The molecule has 2 N–H and O–H groups in total. The number of Topliss-reactive ketones (excluding diaryl/α,β-unsaturated/α-hetero) is 1. The van der Waals surface area contributed by atoms with Gasteiger partial charge in [-0.1, -0.05) is 12.1 Å². The molecule has 0 spiro atoms. The molecule has 0 bridgehead atoms. The summed E-state index contributed by atoms with van der Waals surface area (Å²) in [6.45, 7) is 2.06. The Morgan fingerprint density at radius 3 is 2.82 bits per heavy atom. The lowest BCUT2D eigenvalue weighted by atomic mass is 9.91. The summed E-state index contributed by atoms with van der Waals surface area (Å²) in [6.07, 6.45) is 3.33. The lowest BCUT2D eigenvalue weighted by Crippen LogP contribution is -2.29. The minimum Gasteiger partial charge on any atom is -0.508 e. The number of hydrogen-bond donors (Lipinski definition) is 2.